The first-order valence-corrected chi connectivity index (χ1v) is 6.23. The van der Waals surface area contributed by atoms with Gasteiger partial charge < -0.3 is 9.47 Å². The second kappa shape index (κ2) is 6.74. The van der Waals surface area contributed by atoms with E-state index < -0.39 is 0 Å². The molecule has 0 radical (unpaired) electrons. The van der Waals surface area contributed by atoms with E-state index in [9.17, 15) is 0 Å². The molecule has 0 amide bonds. The third kappa shape index (κ3) is 3.38. The Labute approximate surface area is 99.3 Å². The molecule has 0 saturated heterocycles. The minimum Gasteiger partial charge on any atom is -0.493 e. The Morgan fingerprint density at radius 1 is 1.44 bits per heavy atom. The quantitative estimate of drug-likeness (QED) is 0.389. The van der Waals surface area contributed by atoms with Crippen LogP contribution in [0.1, 0.15) is 39.5 Å². The van der Waals surface area contributed by atoms with Crippen LogP contribution in [0.15, 0.2) is 25.0 Å². The number of allylic oxidation sites excluding steroid dienone is 1. The fraction of sp³-hybridized carbons (Fsp3) is 0.714. The highest BCUT2D eigenvalue weighted by molar-refractivity contribution is 4.92. The van der Waals surface area contributed by atoms with E-state index in [2.05, 4.69) is 13.5 Å². The van der Waals surface area contributed by atoms with E-state index in [-0.39, 0.29) is 5.60 Å². The summed E-state index contributed by atoms with van der Waals surface area (Å²) in [6.45, 7) is 9.19. The molecule has 16 heavy (non-hydrogen) atoms. The lowest BCUT2D eigenvalue weighted by atomic mass is 9.76. The van der Waals surface area contributed by atoms with E-state index in [1.165, 1.54) is 19.3 Å². The van der Waals surface area contributed by atoms with Crippen LogP contribution < -0.4 is 0 Å². The van der Waals surface area contributed by atoms with Crippen molar-refractivity contribution in [2.75, 3.05) is 13.2 Å². The zero-order valence-corrected chi connectivity index (χ0v) is 10.6. The molecule has 0 aromatic carbocycles. The van der Waals surface area contributed by atoms with Gasteiger partial charge in [0.15, 0.2) is 0 Å². The van der Waals surface area contributed by atoms with Crippen LogP contribution in [0.5, 0.6) is 0 Å². The second-order valence-electron chi connectivity index (χ2n) is 4.60. The molecule has 1 aliphatic rings. The molecule has 1 rings (SSSR count). The van der Waals surface area contributed by atoms with Gasteiger partial charge >= 0.3 is 0 Å². The number of rotatable bonds is 6. The SMILES string of the molecule is C=CCOCC1(OC=CC)CCCCC1C. The van der Waals surface area contributed by atoms with E-state index in [0.717, 1.165) is 6.42 Å². The highest BCUT2D eigenvalue weighted by atomic mass is 16.5. The van der Waals surface area contributed by atoms with Crippen molar-refractivity contribution in [1.82, 2.24) is 0 Å². The summed E-state index contributed by atoms with van der Waals surface area (Å²) in [5, 5.41) is 0. The van der Waals surface area contributed by atoms with Gasteiger partial charge in [-0.15, -0.1) is 6.58 Å². The lowest BCUT2D eigenvalue weighted by Crippen LogP contribution is -2.45. The van der Waals surface area contributed by atoms with Crippen molar-refractivity contribution in [3.63, 3.8) is 0 Å². The molecule has 2 nitrogen and oxygen atoms in total. The lowest BCUT2D eigenvalue weighted by Gasteiger charge is -2.41. The minimum atomic E-state index is -0.117. The van der Waals surface area contributed by atoms with Gasteiger partial charge in [0.05, 0.1) is 19.5 Å². The molecule has 92 valence electrons. The first kappa shape index (κ1) is 13.3. The van der Waals surface area contributed by atoms with E-state index in [1.807, 2.05) is 13.0 Å². The Kier molecular flexibility index (Phi) is 5.61. The number of hydrogen-bond acceptors (Lipinski definition) is 2. The van der Waals surface area contributed by atoms with Crippen LogP contribution in [0.3, 0.4) is 0 Å². The highest BCUT2D eigenvalue weighted by Gasteiger charge is 2.39. The summed E-state index contributed by atoms with van der Waals surface area (Å²) < 4.78 is 11.6. The normalized spacial score (nSPS) is 30.5. The van der Waals surface area contributed by atoms with Crippen LogP contribution >= 0.6 is 0 Å². The molecular weight excluding hydrogens is 200 g/mol. The lowest BCUT2D eigenvalue weighted by molar-refractivity contribution is -0.103. The predicted molar refractivity (Wildman–Crippen MR) is 67.3 cm³/mol. The molecule has 2 atom stereocenters. The number of ether oxygens (including phenoxy) is 2. The first-order valence-electron chi connectivity index (χ1n) is 6.23. The van der Waals surface area contributed by atoms with Crippen molar-refractivity contribution in [1.29, 1.82) is 0 Å². The van der Waals surface area contributed by atoms with Crippen LogP contribution in [0.4, 0.5) is 0 Å². The standard InChI is InChI=1S/C14H24O2/c1-4-10-15-12-14(16-11-5-2)9-7-6-8-13(14)3/h4-5,11,13H,1,6-10,12H2,2-3H3. The minimum absolute atomic E-state index is 0.117. The maximum Gasteiger partial charge on any atom is 0.134 e. The average Bonchev–Trinajstić information content (AvgIpc) is 2.30. The van der Waals surface area contributed by atoms with Crippen LogP contribution in [-0.2, 0) is 9.47 Å². The van der Waals surface area contributed by atoms with Gasteiger partial charge in [0, 0.05) is 0 Å². The van der Waals surface area contributed by atoms with Crippen molar-refractivity contribution in [3.05, 3.63) is 25.0 Å². The van der Waals surface area contributed by atoms with Crippen LogP contribution in [0.25, 0.3) is 0 Å². The summed E-state index contributed by atoms with van der Waals surface area (Å²) in [5.41, 5.74) is -0.117. The van der Waals surface area contributed by atoms with E-state index >= 15 is 0 Å². The van der Waals surface area contributed by atoms with Crippen molar-refractivity contribution in [2.24, 2.45) is 5.92 Å². The molecular formula is C14H24O2. The fourth-order valence-electron chi connectivity index (χ4n) is 2.33. The van der Waals surface area contributed by atoms with E-state index in [1.54, 1.807) is 12.3 Å². The van der Waals surface area contributed by atoms with Crippen molar-refractivity contribution < 1.29 is 9.47 Å². The van der Waals surface area contributed by atoms with Gasteiger partial charge in [-0.3, -0.25) is 0 Å². The van der Waals surface area contributed by atoms with Gasteiger partial charge in [-0.1, -0.05) is 25.5 Å². The Bertz CT molecular complexity index is 235. The largest absolute Gasteiger partial charge is 0.493 e. The smallest absolute Gasteiger partial charge is 0.134 e. The molecule has 0 N–H and O–H groups in total. The van der Waals surface area contributed by atoms with Gasteiger partial charge in [-0.05, 0) is 32.1 Å². The summed E-state index contributed by atoms with van der Waals surface area (Å²) in [6, 6.07) is 0. The molecule has 1 fully saturated rings. The molecule has 1 aliphatic carbocycles. The molecule has 2 heteroatoms. The van der Waals surface area contributed by atoms with Gasteiger partial charge in [0.1, 0.15) is 5.60 Å². The zero-order valence-electron chi connectivity index (χ0n) is 10.6. The van der Waals surface area contributed by atoms with Crippen LogP contribution in [0.2, 0.25) is 0 Å². The summed E-state index contributed by atoms with van der Waals surface area (Å²) in [5.74, 6) is 0.558. The van der Waals surface area contributed by atoms with Crippen molar-refractivity contribution >= 4 is 0 Å². The van der Waals surface area contributed by atoms with Crippen molar-refractivity contribution in [3.8, 4) is 0 Å². The monoisotopic (exact) mass is 224 g/mol. The third-order valence-electron chi connectivity index (χ3n) is 3.41. The Hall–Kier alpha value is -0.760. The molecule has 0 spiro atoms. The summed E-state index contributed by atoms with van der Waals surface area (Å²) in [6.07, 6.45) is 10.4. The molecule has 2 unspecified atom stereocenters. The number of hydrogen-bond donors (Lipinski definition) is 0. The summed E-state index contributed by atoms with van der Waals surface area (Å²) in [7, 11) is 0. The average molecular weight is 224 g/mol. The topological polar surface area (TPSA) is 18.5 Å². The van der Waals surface area contributed by atoms with Gasteiger partial charge in [0.2, 0.25) is 0 Å². The molecule has 0 bridgehead atoms. The predicted octanol–water partition coefficient (Wildman–Crippen LogP) is 3.69. The highest BCUT2D eigenvalue weighted by Crippen LogP contribution is 2.37. The maximum absolute atomic E-state index is 5.94. The van der Waals surface area contributed by atoms with Gasteiger partial charge in [-0.2, -0.15) is 0 Å². The third-order valence-corrected chi connectivity index (χ3v) is 3.41. The molecule has 0 heterocycles. The molecule has 0 aromatic rings. The Balaban J connectivity index is 2.61. The van der Waals surface area contributed by atoms with Crippen LogP contribution in [-0.4, -0.2) is 18.8 Å². The summed E-state index contributed by atoms with van der Waals surface area (Å²) >= 11 is 0. The second-order valence-corrected chi connectivity index (χ2v) is 4.60. The van der Waals surface area contributed by atoms with E-state index in [0.29, 0.717) is 19.1 Å². The Morgan fingerprint density at radius 2 is 2.25 bits per heavy atom. The summed E-state index contributed by atoms with van der Waals surface area (Å²) in [4.78, 5) is 0. The van der Waals surface area contributed by atoms with E-state index in [4.69, 9.17) is 9.47 Å². The molecule has 0 aliphatic heterocycles. The van der Waals surface area contributed by atoms with Gasteiger partial charge in [-0.25, -0.2) is 0 Å². The Morgan fingerprint density at radius 3 is 2.88 bits per heavy atom. The zero-order chi connectivity index (χ0) is 11.9. The van der Waals surface area contributed by atoms with Crippen molar-refractivity contribution in [2.45, 2.75) is 45.1 Å². The first-order chi connectivity index (χ1) is 7.75. The van der Waals surface area contributed by atoms with Crippen LogP contribution in [0, 0.1) is 5.92 Å². The van der Waals surface area contributed by atoms with Gasteiger partial charge in [0.25, 0.3) is 0 Å². The molecule has 0 aromatic heterocycles. The maximum atomic E-state index is 5.94. The molecule has 1 saturated carbocycles. The fourth-order valence-corrected chi connectivity index (χ4v) is 2.33.